The highest BCUT2D eigenvalue weighted by Gasteiger charge is 2.44. The third-order valence-corrected chi connectivity index (χ3v) is 4.46. The Bertz CT molecular complexity index is 739. The van der Waals surface area contributed by atoms with Crippen LogP contribution in [-0.2, 0) is 12.0 Å². The van der Waals surface area contributed by atoms with Gasteiger partial charge in [-0.1, -0.05) is 24.3 Å². The van der Waals surface area contributed by atoms with Crippen LogP contribution in [0.1, 0.15) is 24.0 Å². The zero-order valence-electron chi connectivity index (χ0n) is 13.7. The van der Waals surface area contributed by atoms with Crippen LogP contribution < -0.4 is 10.6 Å². The smallest absolute Gasteiger partial charge is 0.191 e. The number of nitrogens with one attached hydrogen (secondary N) is 2. The Morgan fingerprint density at radius 2 is 1.75 bits per heavy atom. The fourth-order valence-corrected chi connectivity index (χ4v) is 2.84. The standard InChI is InChI=1S/C19H21F2N3/c1-22-18(23-12-14-4-2-6-16(20)10-14)24-13-19(8-9-19)15-5-3-7-17(21)11-15/h2-7,10-11H,8-9,12-13H2,1H3,(H2,22,23,24). The lowest BCUT2D eigenvalue weighted by atomic mass is 9.96. The Labute approximate surface area is 140 Å². The Hall–Kier alpha value is -2.43. The molecule has 1 aliphatic rings. The van der Waals surface area contributed by atoms with Gasteiger partial charge in [0.1, 0.15) is 11.6 Å². The molecule has 0 heterocycles. The topological polar surface area (TPSA) is 36.4 Å². The number of nitrogens with zero attached hydrogens (tertiary/aromatic N) is 1. The number of hydrogen-bond donors (Lipinski definition) is 2. The van der Waals surface area contributed by atoms with Crippen LogP contribution in [0.15, 0.2) is 53.5 Å². The van der Waals surface area contributed by atoms with Crippen LogP contribution in [0.5, 0.6) is 0 Å². The van der Waals surface area contributed by atoms with E-state index in [0.717, 1.165) is 24.0 Å². The first-order valence-electron chi connectivity index (χ1n) is 8.06. The molecule has 126 valence electrons. The van der Waals surface area contributed by atoms with Crippen molar-refractivity contribution in [2.45, 2.75) is 24.8 Å². The first kappa shape index (κ1) is 16.4. The van der Waals surface area contributed by atoms with Crippen molar-refractivity contribution in [1.82, 2.24) is 10.6 Å². The molecule has 3 nitrogen and oxygen atoms in total. The van der Waals surface area contributed by atoms with Gasteiger partial charge in [-0.2, -0.15) is 0 Å². The summed E-state index contributed by atoms with van der Waals surface area (Å²) >= 11 is 0. The van der Waals surface area contributed by atoms with Crippen LogP contribution in [0.4, 0.5) is 8.78 Å². The third kappa shape index (κ3) is 3.91. The molecule has 3 rings (SSSR count). The Morgan fingerprint density at radius 3 is 2.38 bits per heavy atom. The Balaban J connectivity index is 1.56. The summed E-state index contributed by atoms with van der Waals surface area (Å²) in [6.45, 7) is 1.18. The maximum atomic E-state index is 13.4. The van der Waals surface area contributed by atoms with Crippen molar-refractivity contribution in [3.63, 3.8) is 0 Å². The molecule has 2 N–H and O–H groups in total. The molecule has 2 aromatic carbocycles. The quantitative estimate of drug-likeness (QED) is 0.652. The van der Waals surface area contributed by atoms with E-state index >= 15 is 0 Å². The van der Waals surface area contributed by atoms with Crippen molar-refractivity contribution in [1.29, 1.82) is 0 Å². The van der Waals surface area contributed by atoms with E-state index in [1.165, 1.54) is 18.2 Å². The number of aliphatic imine (C=N–C) groups is 1. The first-order chi connectivity index (χ1) is 11.6. The number of hydrogen-bond acceptors (Lipinski definition) is 1. The molecule has 0 spiro atoms. The Morgan fingerprint density at radius 1 is 1.04 bits per heavy atom. The van der Waals surface area contributed by atoms with Crippen molar-refractivity contribution < 1.29 is 8.78 Å². The molecule has 0 radical (unpaired) electrons. The van der Waals surface area contributed by atoms with Crippen LogP contribution in [-0.4, -0.2) is 19.6 Å². The number of rotatable bonds is 5. The number of benzene rings is 2. The predicted molar refractivity (Wildman–Crippen MR) is 91.9 cm³/mol. The van der Waals surface area contributed by atoms with Crippen molar-refractivity contribution in [3.05, 3.63) is 71.3 Å². The average molecular weight is 329 g/mol. The minimum atomic E-state index is -0.250. The van der Waals surface area contributed by atoms with Gasteiger partial charge in [-0.15, -0.1) is 0 Å². The zero-order chi connectivity index (χ0) is 17.0. The number of halogens is 2. The third-order valence-electron chi connectivity index (χ3n) is 4.46. The summed E-state index contributed by atoms with van der Waals surface area (Å²) in [7, 11) is 1.70. The SMILES string of the molecule is CN=C(NCc1cccc(F)c1)NCC1(c2cccc(F)c2)CC1. The van der Waals surface area contributed by atoms with Crippen molar-refractivity contribution >= 4 is 5.96 Å². The van der Waals surface area contributed by atoms with Gasteiger partial charge >= 0.3 is 0 Å². The highest BCUT2D eigenvalue weighted by molar-refractivity contribution is 5.79. The largest absolute Gasteiger partial charge is 0.356 e. The van der Waals surface area contributed by atoms with E-state index in [-0.39, 0.29) is 17.0 Å². The summed E-state index contributed by atoms with van der Waals surface area (Å²) in [5, 5.41) is 6.47. The fraction of sp³-hybridized carbons (Fsp3) is 0.316. The molecule has 24 heavy (non-hydrogen) atoms. The van der Waals surface area contributed by atoms with Crippen molar-refractivity contribution in [2.24, 2.45) is 4.99 Å². The average Bonchev–Trinajstić information content (AvgIpc) is 3.36. The second-order valence-electron chi connectivity index (χ2n) is 6.20. The van der Waals surface area contributed by atoms with Gasteiger partial charge in [0.15, 0.2) is 5.96 Å². The molecule has 0 bridgehead atoms. The lowest BCUT2D eigenvalue weighted by molar-refractivity contribution is 0.606. The number of guanidine groups is 1. The molecule has 1 fully saturated rings. The second kappa shape index (κ2) is 6.99. The zero-order valence-corrected chi connectivity index (χ0v) is 13.7. The minimum absolute atomic E-state index is 0.0153. The van der Waals surface area contributed by atoms with Gasteiger partial charge in [-0.25, -0.2) is 8.78 Å². The molecule has 0 amide bonds. The lowest BCUT2D eigenvalue weighted by Gasteiger charge is -2.19. The first-order valence-corrected chi connectivity index (χ1v) is 8.06. The molecule has 1 aliphatic carbocycles. The summed E-state index contributed by atoms with van der Waals surface area (Å²) in [6, 6.07) is 13.3. The van der Waals surface area contributed by atoms with Crippen LogP contribution in [0.2, 0.25) is 0 Å². The molecule has 0 saturated heterocycles. The highest BCUT2D eigenvalue weighted by atomic mass is 19.1. The second-order valence-corrected chi connectivity index (χ2v) is 6.20. The summed E-state index contributed by atoms with van der Waals surface area (Å²) in [6.07, 6.45) is 2.06. The summed E-state index contributed by atoms with van der Waals surface area (Å²) in [5.41, 5.74) is 1.86. The monoisotopic (exact) mass is 329 g/mol. The van der Waals surface area contributed by atoms with E-state index in [4.69, 9.17) is 0 Å². The maximum Gasteiger partial charge on any atom is 0.191 e. The maximum absolute atomic E-state index is 13.4. The van der Waals surface area contributed by atoms with Gasteiger partial charge in [-0.05, 0) is 48.2 Å². The van der Waals surface area contributed by atoms with E-state index in [9.17, 15) is 8.78 Å². The molecule has 2 aromatic rings. The summed E-state index contributed by atoms with van der Waals surface area (Å²) in [5.74, 6) is 0.203. The molecule has 0 unspecified atom stereocenters. The predicted octanol–water partition coefficient (Wildman–Crippen LogP) is 3.36. The van der Waals surface area contributed by atoms with Gasteiger partial charge < -0.3 is 10.6 Å². The molecular weight excluding hydrogens is 308 g/mol. The van der Waals surface area contributed by atoms with Gasteiger partial charge in [0.25, 0.3) is 0 Å². The minimum Gasteiger partial charge on any atom is -0.356 e. The van der Waals surface area contributed by atoms with Gasteiger partial charge in [0, 0.05) is 25.6 Å². The van der Waals surface area contributed by atoms with Gasteiger partial charge in [0.2, 0.25) is 0 Å². The normalized spacial score (nSPS) is 15.9. The van der Waals surface area contributed by atoms with Crippen LogP contribution in [0.25, 0.3) is 0 Å². The van der Waals surface area contributed by atoms with Crippen LogP contribution >= 0.6 is 0 Å². The molecule has 5 heteroatoms. The highest BCUT2D eigenvalue weighted by Crippen LogP contribution is 2.47. The van der Waals surface area contributed by atoms with E-state index in [1.807, 2.05) is 12.1 Å². The Kier molecular flexibility index (Phi) is 4.79. The lowest BCUT2D eigenvalue weighted by Crippen LogP contribution is -2.40. The van der Waals surface area contributed by atoms with Gasteiger partial charge in [-0.3, -0.25) is 4.99 Å². The van der Waals surface area contributed by atoms with Crippen LogP contribution in [0.3, 0.4) is 0 Å². The van der Waals surface area contributed by atoms with Crippen molar-refractivity contribution in [2.75, 3.05) is 13.6 Å². The summed E-state index contributed by atoms with van der Waals surface area (Å²) in [4.78, 5) is 4.19. The van der Waals surface area contributed by atoms with E-state index in [1.54, 1.807) is 25.2 Å². The fourth-order valence-electron chi connectivity index (χ4n) is 2.84. The molecular formula is C19H21F2N3. The molecule has 0 atom stereocenters. The van der Waals surface area contributed by atoms with Crippen LogP contribution in [0, 0.1) is 11.6 Å². The molecule has 1 saturated carbocycles. The molecule has 0 aliphatic heterocycles. The molecule has 0 aromatic heterocycles. The van der Waals surface area contributed by atoms with Crippen molar-refractivity contribution in [3.8, 4) is 0 Å². The van der Waals surface area contributed by atoms with E-state index in [0.29, 0.717) is 19.0 Å². The van der Waals surface area contributed by atoms with E-state index in [2.05, 4.69) is 15.6 Å². The summed E-state index contributed by atoms with van der Waals surface area (Å²) < 4.78 is 26.6. The van der Waals surface area contributed by atoms with Gasteiger partial charge in [0.05, 0.1) is 0 Å². The van der Waals surface area contributed by atoms with E-state index < -0.39 is 0 Å².